The molecule has 106 valence electrons. The van der Waals surface area contributed by atoms with Crippen LogP contribution in [0.4, 0.5) is 0 Å². The third-order valence-electron chi connectivity index (χ3n) is 3.08. The first kappa shape index (κ1) is 14.2. The second kappa shape index (κ2) is 6.27. The van der Waals surface area contributed by atoms with E-state index in [1.165, 1.54) is 0 Å². The molecule has 0 aromatic carbocycles. The average Bonchev–Trinajstić information content (AvgIpc) is 2.75. The molecule has 0 bridgehead atoms. The predicted molar refractivity (Wildman–Crippen MR) is 74.9 cm³/mol. The van der Waals surface area contributed by atoms with Crippen molar-refractivity contribution in [2.45, 2.75) is 39.8 Å². The zero-order valence-corrected chi connectivity index (χ0v) is 12.0. The largest absolute Gasteiger partial charge is 0.349 e. The highest BCUT2D eigenvalue weighted by Gasteiger charge is 2.10. The predicted octanol–water partition coefficient (Wildman–Crippen LogP) is 1.56. The maximum atomic E-state index is 11.9. The first-order valence-corrected chi connectivity index (χ1v) is 6.63. The Morgan fingerprint density at radius 2 is 2.25 bits per heavy atom. The number of carbonyl (C=O) groups is 1. The SMILES string of the molecule is Cc1nc(C)n(CCC(=O)NC(C)c2cccnc2)n1. The maximum Gasteiger partial charge on any atom is 0.222 e. The van der Waals surface area contributed by atoms with Crippen LogP contribution in [0, 0.1) is 13.8 Å². The van der Waals surface area contributed by atoms with Gasteiger partial charge in [0, 0.05) is 18.8 Å². The number of nitrogens with zero attached hydrogens (tertiary/aromatic N) is 4. The summed E-state index contributed by atoms with van der Waals surface area (Å²) in [4.78, 5) is 20.2. The molecule has 2 heterocycles. The molecule has 0 radical (unpaired) electrons. The summed E-state index contributed by atoms with van der Waals surface area (Å²) in [5, 5.41) is 7.19. The highest BCUT2D eigenvalue weighted by atomic mass is 16.1. The van der Waals surface area contributed by atoms with Crippen LogP contribution in [0.2, 0.25) is 0 Å². The Balaban J connectivity index is 1.85. The molecule has 2 rings (SSSR count). The zero-order chi connectivity index (χ0) is 14.5. The van der Waals surface area contributed by atoms with Gasteiger partial charge in [-0.25, -0.2) is 9.67 Å². The molecule has 0 aliphatic heterocycles. The van der Waals surface area contributed by atoms with E-state index in [1.54, 1.807) is 17.1 Å². The lowest BCUT2D eigenvalue weighted by Gasteiger charge is -2.13. The molecular weight excluding hydrogens is 254 g/mol. The number of amides is 1. The highest BCUT2D eigenvalue weighted by molar-refractivity contribution is 5.76. The second-order valence-electron chi connectivity index (χ2n) is 4.75. The summed E-state index contributed by atoms with van der Waals surface area (Å²) in [6.07, 6.45) is 3.86. The minimum Gasteiger partial charge on any atom is -0.349 e. The lowest BCUT2D eigenvalue weighted by molar-refractivity contribution is -0.122. The van der Waals surface area contributed by atoms with Gasteiger partial charge in [-0.2, -0.15) is 5.10 Å². The topological polar surface area (TPSA) is 72.7 Å². The number of hydrogen-bond donors (Lipinski definition) is 1. The Kier molecular flexibility index (Phi) is 4.45. The fourth-order valence-corrected chi connectivity index (χ4v) is 2.01. The summed E-state index contributed by atoms with van der Waals surface area (Å²) in [5.74, 6) is 1.55. The van der Waals surface area contributed by atoms with E-state index < -0.39 is 0 Å². The average molecular weight is 273 g/mol. The summed E-state index contributed by atoms with van der Waals surface area (Å²) in [6.45, 7) is 6.21. The van der Waals surface area contributed by atoms with Crippen LogP contribution >= 0.6 is 0 Å². The summed E-state index contributed by atoms with van der Waals surface area (Å²) in [5.41, 5.74) is 0.994. The third-order valence-corrected chi connectivity index (χ3v) is 3.08. The summed E-state index contributed by atoms with van der Waals surface area (Å²) >= 11 is 0. The fourth-order valence-electron chi connectivity index (χ4n) is 2.01. The van der Waals surface area contributed by atoms with Crippen LogP contribution in [0.25, 0.3) is 0 Å². The van der Waals surface area contributed by atoms with Gasteiger partial charge in [0.1, 0.15) is 11.6 Å². The van der Waals surface area contributed by atoms with Crippen molar-refractivity contribution < 1.29 is 4.79 Å². The van der Waals surface area contributed by atoms with Crippen LogP contribution < -0.4 is 5.32 Å². The molecule has 2 aromatic heterocycles. The molecule has 20 heavy (non-hydrogen) atoms. The number of rotatable bonds is 5. The fraction of sp³-hybridized carbons (Fsp3) is 0.429. The van der Waals surface area contributed by atoms with E-state index in [0.717, 1.165) is 17.2 Å². The lowest BCUT2D eigenvalue weighted by Crippen LogP contribution is -2.27. The molecule has 0 saturated carbocycles. The van der Waals surface area contributed by atoms with Gasteiger partial charge < -0.3 is 5.32 Å². The molecule has 2 aromatic rings. The standard InChI is InChI=1S/C14H19N5O/c1-10(13-5-4-7-15-9-13)16-14(20)6-8-19-12(3)17-11(2)18-19/h4-5,7,9-10H,6,8H2,1-3H3,(H,16,20). The molecule has 0 fully saturated rings. The monoisotopic (exact) mass is 273 g/mol. The van der Waals surface area contributed by atoms with Crippen molar-refractivity contribution in [2.75, 3.05) is 0 Å². The first-order chi connectivity index (χ1) is 9.56. The summed E-state index contributed by atoms with van der Waals surface area (Å²) < 4.78 is 1.75. The van der Waals surface area contributed by atoms with Gasteiger partial charge >= 0.3 is 0 Å². The van der Waals surface area contributed by atoms with Gasteiger partial charge in [-0.05, 0) is 32.4 Å². The minimum absolute atomic E-state index is 0.00564. The van der Waals surface area contributed by atoms with Crippen LogP contribution in [0.5, 0.6) is 0 Å². The summed E-state index contributed by atoms with van der Waals surface area (Å²) in [7, 11) is 0. The van der Waals surface area contributed by atoms with E-state index in [4.69, 9.17) is 0 Å². The molecule has 0 spiro atoms. The Morgan fingerprint density at radius 3 is 2.85 bits per heavy atom. The Bertz CT molecular complexity index is 579. The Labute approximate surface area is 118 Å². The Hall–Kier alpha value is -2.24. The van der Waals surface area contributed by atoms with E-state index in [-0.39, 0.29) is 11.9 Å². The van der Waals surface area contributed by atoms with E-state index >= 15 is 0 Å². The number of aromatic nitrogens is 4. The van der Waals surface area contributed by atoms with Gasteiger partial charge in [-0.15, -0.1) is 0 Å². The molecule has 0 saturated heterocycles. The van der Waals surface area contributed by atoms with Crippen molar-refractivity contribution in [3.8, 4) is 0 Å². The molecule has 1 amide bonds. The van der Waals surface area contributed by atoms with Crippen molar-refractivity contribution in [1.29, 1.82) is 0 Å². The highest BCUT2D eigenvalue weighted by Crippen LogP contribution is 2.10. The molecule has 1 unspecified atom stereocenters. The summed E-state index contributed by atoms with van der Waals surface area (Å²) in [6, 6.07) is 3.76. The van der Waals surface area contributed by atoms with Gasteiger partial charge in [-0.3, -0.25) is 9.78 Å². The van der Waals surface area contributed by atoms with Crippen molar-refractivity contribution in [2.24, 2.45) is 0 Å². The molecule has 6 nitrogen and oxygen atoms in total. The Morgan fingerprint density at radius 1 is 1.45 bits per heavy atom. The number of aryl methyl sites for hydroxylation is 3. The molecule has 0 aliphatic carbocycles. The van der Waals surface area contributed by atoms with Crippen LogP contribution in [0.15, 0.2) is 24.5 Å². The van der Waals surface area contributed by atoms with Crippen LogP contribution in [-0.2, 0) is 11.3 Å². The van der Waals surface area contributed by atoms with Crippen molar-refractivity contribution in [3.63, 3.8) is 0 Å². The number of carbonyl (C=O) groups excluding carboxylic acids is 1. The van der Waals surface area contributed by atoms with Gasteiger partial charge in [0.25, 0.3) is 0 Å². The second-order valence-corrected chi connectivity index (χ2v) is 4.75. The quantitative estimate of drug-likeness (QED) is 0.897. The van der Waals surface area contributed by atoms with Gasteiger partial charge in [0.05, 0.1) is 12.6 Å². The van der Waals surface area contributed by atoms with Crippen molar-refractivity contribution in [3.05, 3.63) is 41.7 Å². The van der Waals surface area contributed by atoms with Crippen molar-refractivity contribution >= 4 is 5.91 Å². The molecule has 0 aliphatic rings. The van der Waals surface area contributed by atoms with E-state index in [9.17, 15) is 4.79 Å². The van der Waals surface area contributed by atoms with Gasteiger partial charge in [0.15, 0.2) is 0 Å². The van der Waals surface area contributed by atoms with Gasteiger partial charge in [0.2, 0.25) is 5.91 Å². The minimum atomic E-state index is -0.0465. The van der Waals surface area contributed by atoms with E-state index in [2.05, 4.69) is 20.4 Å². The zero-order valence-electron chi connectivity index (χ0n) is 12.0. The molecule has 1 N–H and O–H groups in total. The van der Waals surface area contributed by atoms with Gasteiger partial charge in [-0.1, -0.05) is 6.07 Å². The molecule has 6 heteroatoms. The van der Waals surface area contributed by atoms with Crippen LogP contribution in [0.3, 0.4) is 0 Å². The maximum absolute atomic E-state index is 11.9. The number of pyridine rings is 1. The number of nitrogens with one attached hydrogen (secondary N) is 1. The normalized spacial score (nSPS) is 12.2. The van der Waals surface area contributed by atoms with Crippen LogP contribution in [0.1, 0.15) is 36.6 Å². The van der Waals surface area contributed by atoms with E-state index in [1.807, 2.05) is 32.9 Å². The third kappa shape index (κ3) is 3.63. The lowest BCUT2D eigenvalue weighted by atomic mass is 10.1. The van der Waals surface area contributed by atoms with Crippen molar-refractivity contribution in [1.82, 2.24) is 25.1 Å². The first-order valence-electron chi connectivity index (χ1n) is 6.63. The number of hydrogen-bond acceptors (Lipinski definition) is 4. The molecular formula is C14H19N5O. The van der Waals surface area contributed by atoms with E-state index in [0.29, 0.717) is 13.0 Å². The smallest absolute Gasteiger partial charge is 0.222 e. The molecule has 1 atom stereocenters. The van der Waals surface area contributed by atoms with Crippen LogP contribution in [-0.4, -0.2) is 25.7 Å².